The van der Waals surface area contributed by atoms with Crippen LogP contribution in [0.5, 0.6) is 0 Å². The van der Waals surface area contributed by atoms with E-state index in [1.54, 1.807) is 0 Å². The van der Waals surface area contributed by atoms with Crippen LogP contribution in [0.3, 0.4) is 0 Å². The molecule has 1 heteroatoms. The molecular formula is C11H19N. The number of nitrogens with one attached hydrogen (secondary N) is 1. The van der Waals surface area contributed by atoms with Gasteiger partial charge in [0.2, 0.25) is 0 Å². The Morgan fingerprint density at radius 3 is 2.25 bits per heavy atom. The van der Waals surface area contributed by atoms with Crippen molar-refractivity contribution in [2.45, 2.75) is 27.7 Å². The van der Waals surface area contributed by atoms with Crippen LogP contribution in [0, 0.1) is 11.8 Å². The molecule has 0 saturated carbocycles. The molecule has 1 aliphatic heterocycles. The van der Waals surface area contributed by atoms with Gasteiger partial charge in [-0.15, -0.1) is 0 Å². The van der Waals surface area contributed by atoms with Gasteiger partial charge in [0, 0.05) is 12.2 Å². The first-order valence-electron chi connectivity index (χ1n) is 4.77. The lowest BCUT2D eigenvalue weighted by molar-refractivity contribution is 0.630. The van der Waals surface area contributed by atoms with Gasteiger partial charge in [-0.25, -0.2) is 0 Å². The average molecular weight is 165 g/mol. The van der Waals surface area contributed by atoms with E-state index in [1.165, 1.54) is 11.3 Å². The Hall–Kier alpha value is -0.720. The molecule has 0 unspecified atom stereocenters. The van der Waals surface area contributed by atoms with Crippen molar-refractivity contribution in [2.24, 2.45) is 11.8 Å². The summed E-state index contributed by atoms with van der Waals surface area (Å²) in [7, 11) is 0. The van der Waals surface area contributed by atoms with Crippen molar-refractivity contribution >= 4 is 0 Å². The van der Waals surface area contributed by atoms with Gasteiger partial charge in [-0.05, 0) is 17.4 Å². The van der Waals surface area contributed by atoms with Crippen LogP contribution in [0.1, 0.15) is 27.7 Å². The first kappa shape index (κ1) is 9.37. The molecule has 0 amide bonds. The molecule has 1 nitrogen and oxygen atoms in total. The summed E-state index contributed by atoms with van der Waals surface area (Å²) < 4.78 is 0. The lowest BCUT2D eigenvalue weighted by Gasteiger charge is -2.23. The third-order valence-corrected chi connectivity index (χ3v) is 2.22. The molecule has 0 atom stereocenters. The van der Waals surface area contributed by atoms with Gasteiger partial charge in [0.15, 0.2) is 0 Å². The zero-order valence-electron chi connectivity index (χ0n) is 8.52. The van der Waals surface area contributed by atoms with Gasteiger partial charge >= 0.3 is 0 Å². The Balaban J connectivity index is 2.92. The molecule has 1 heterocycles. The summed E-state index contributed by atoms with van der Waals surface area (Å²) in [5.41, 5.74) is 2.89. The van der Waals surface area contributed by atoms with Crippen molar-refractivity contribution in [2.75, 3.05) is 6.54 Å². The highest BCUT2D eigenvalue weighted by atomic mass is 14.9. The number of allylic oxidation sites excluding steroid dienone is 3. The van der Waals surface area contributed by atoms with E-state index in [9.17, 15) is 0 Å². The predicted octanol–water partition coefficient (Wildman–Crippen LogP) is 2.71. The molecule has 1 rings (SSSR count). The summed E-state index contributed by atoms with van der Waals surface area (Å²) >= 11 is 0. The van der Waals surface area contributed by atoms with E-state index in [2.05, 4.69) is 45.2 Å². The highest BCUT2D eigenvalue weighted by Gasteiger charge is 2.13. The highest BCUT2D eigenvalue weighted by molar-refractivity contribution is 5.31. The summed E-state index contributed by atoms with van der Waals surface area (Å²) in [6.07, 6.45) is 4.46. The zero-order valence-corrected chi connectivity index (χ0v) is 8.52. The molecule has 0 aromatic carbocycles. The molecule has 0 radical (unpaired) electrons. The second-order valence-corrected chi connectivity index (χ2v) is 3.96. The van der Waals surface area contributed by atoms with E-state index in [0.717, 1.165) is 6.54 Å². The topological polar surface area (TPSA) is 12.0 Å². The molecule has 0 aliphatic carbocycles. The molecule has 0 bridgehead atoms. The van der Waals surface area contributed by atoms with Gasteiger partial charge in [-0.1, -0.05) is 39.8 Å². The quantitative estimate of drug-likeness (QED) is 0.663. The smallest absolute Gasteiger partial charge is 0.0331 e. The fraction of sp³-hybridized carbons (Fsp3) is 0.636. The van der Waals surface area contributed by atoms with E-state index in [-0.39, 0.29) is 0 Å². The molecule has 12 heavy (non-hydrogen) atoms. The van der Waals surface area contributed by atoms with Gasteiger partial charge in [0.1, 0.15) is 0 Å². The number of hydrogen-bond acceptors (Lipinski definition) is 1. The largest absolute Gasteiger partial charge is 0.384 e. The van der Waals surface area contributed by atoms with Crippen LogP contribution in [-0.2, 0) is 0 Å². The average Bonchev–Trinajstić information content (AvgIpc) is 2.04. The van der Waals surface area contributed by atoms with Gasteiger partial charge in [0.25, 0.3) is 0 Å². The Morgan fingerprint density at radius 2 is 1.83 bits per heavy atom. The molecule has 68 valence electrons. The Labute approximate surface area is 75.6 Å². The number of rotatable bonds is 2. The minimum Gasteiger partial charge on any atom is -0.384 e. The van der Waals surface area contributed by atoms with E-state index >= 15 is 0 Å². The summed E-state index contributed by atoms with van der Waals surface area (Å²) in [5.74, 6) is 1.25. The molecular weight excluding hydrogens is 146 g/mol. The second-order valence-electron chi connectivity index (χ2n) is 3.96. The van der Waals surface area contributed by atoms with Crippen LogP contribution in [0.25, 0.3) is 0 Å². The molecule has 0 saturated heterocycles. The van der Waals surface area contributed by atoms with Crippen molar-refractivity contribution in [1.29, 1.82) is 0 Å². The van der Waals surface area contributed by atoms with Gasteiger partial charge in [-0.3, -0.25) is 0 Å². The predicted molar refractivity (Wildman–Crippen MR) is 53.8 cm³/mol. The molecule has 0 aromatic heterocycles. The summed E-state index contributed by atoms with van der Waals surface area (Å²) in [6, 6.07) is 0. The summed E-state index contributed by atoms with van der Waals surface area (Å²) in [4.78, 5) is 0. The molecule has 1 N–H and O–H groups in total. The minimum atomic E-state index is 0.618. The van der Waals surface area contributed by atoms with E-state index in [1.807, 2.05) is 0 Å². The zero-order chi connectivity index (χ0) is 9.14. The third-order valence-electron chi connectivity index (χ3n) is 2.22. The Bertz CT molecular complexity index is 209. The van der Waals surface area contributed by atoms with Crippen LogP contribution in [0.15, 0.2) is 23.4 Å². The highest BCUT2D eigenvalue weighted by Crippen LogP contribution is 2.22. The second kappa shape index (κ2) is 3.79. The Kier molecular flexibility index (Phi) is 2.96. The maximum absolute atomic E-state index is 3.44. The van der Waals surface area contributed by atoms with Crippen LogP contribution in [-0.4, -0.2) is 6.54 Å². The van der Waals surface area contributed by atoms with Crippen molar-refractivity contribution in [3.63, 3.8) is 0 Å². The summed E-state index contributed by atoms with van der Waals surface area (Å²) in [6.45, 7) is 9.96. The molecule has 0 aromatic rings. The fourth-order valence-electron chi connectivity index (χ4n) is 1.59. The normalized spacial score (nSPS) is 17.5. The third kappa shape index (κ3) is 1.90. The van der Waals surface area contributed by atoms with E-state index < -0.39 is 0 Å². The minimum absolute atomic E-state index is 0.618. The van der Waals surface area contributed by atoms with Crippen LogP contribution >= 0.6 is 0 Å². The lowest BCUT2D eigenvalue weighted by Crippen LogP contribution is -2.23. The standard InChI is InChI=1S/C11H19N/c1-8(2)10-6-5-7-12-11(10)9(3)4/h5-6,8-9,12H,7H2,1-4H3. The lowest BCUT2D eigenvalue weighted by atomic mass is 9.93. The maximum atomic E-state index is 3.44. The van der Waals surface area contributed by atoms with Gasteiger partial charge < -0.3 is 5.32 Å². The van der Waals surface area contributed by atoms with E-state index in [4.69, 9.17) is 0 Å². The van der Waals surface area contributed by atoms with Crippen LogP contribution in [0.4, 0.5) is 0 Å². The molecule has 1 aliphatic rings. The fourth-order valence-corrected chi connectivity index (χ4v) is 1.59. The van der Waals surface area contributed by atoms with E-state index in [0.29, 0.717) is 11.8 Å². The van der Waals surface area contributed by atoms with Crippen molar-refractivity contribution in [1.82, 2.24) is 5.32 Å². The van der Waals surface area contributed by atoms with Crippen LogP contribution < -0.4 is 5.32 Å². The first-order chi connectivity index (χ1) is 5.63. The van der Waals surface area contributed by atoms with Gasteiger partial charge in [0.05, 0.1) is 0 Å². The monoisotopic (exact) mass is 165 g/mol. The summed E-state index contributed by atoms with van der Waals surface area (Å²) in [5, 5.41) is 3.44. The van der Waals surface area contributed by atoms with Crippen molar-refractivity contribution < 1.29 is 0 Å². The Morgan fingerprint density at radius 1 is 1.17 bits per heavy atom. The van der Waals surface area contributed by atoms with Crippen LogP contribution in [0.2, 0.25) is 0 Å². The molecule has 0 fully saturated rings. The maximum Gasteiger partial charge on any atom is 0.0331 e. The SMILES string of the molecule is CC(C)C1=C(C(C)C)NCC=C1. The first-order valence-corrected chi connectivity index (χ1v) is 4.77. The van der Waals surface area contributed by atoms with Crippen molar-refractivity contribution in [3.8, 4) is 0 Å². The van der Waals surface area contributed by atoms with Crippen molar-refractivity contribution in [3.05, 3.63) is 23.4 Å². The number of hydrogen-bond donors (Lipinski definition) is 1. The number of dihydropyridines is 1. The van der Waals surface area contributed by atoms with Gasteiger partial charge in [-0.2, -0.15) is 0 Å². The molecule has 0 spiro atoms.